The van der Waals surface area contributed by atoms with Gasteiger partial charge in [-0.1, -0.05) is 32.1 Å². The second-order valence-corrected chi connectivity index (χ2v) is 10.3. The molecule has 4 bridgehead atoms. The number of carbonyl (C=O) groups is 4. The molecule has 0 spiro atoms. The zero-order valence-corrected chi connectivity index (χ0v) is 24.0. The number of amides is 2. The number of aliphatic hydroxyl groups excluding tert-OH is 1. The molecular weight excluding hydrogens is 534 g/mol. The maximum absolute atomic E-state index is 13.5. The number of ketones is 2. The van der Waals surface area contributed by atoms with Crippen molar-refractivity contribution in [1.29, 1.82) is 0 Å². The minimum absolute atomic E-state index is 0.0789. The van der Waals surface area contributed by atoms with Crippen molar-refractivity contribution >= 4 is 23.6 Å². The van der Waals surface area contributed by atoms with Gasteiger partial charge in [0.2, 0.25) is 11.6 Å². The summed E-state index contributed by atoms with van der Waals surface area (Å²) in [7, 11) is 2.99. The fourth-order valence-corrected chi connectivity index (χ4v) is 5.10. The van der Waals surface area contributed by atoms with Gasteiger partial charge in [-0.05, 0) is 31.8 Å². The van der Waals surface area contributed by atoms with Crippen LogP contribution in [0.4, 0.5) is 4.79 Å². The van der Waals surface area contributed by atoms with E-state index in [1.54, 1.807) is 26.2 Å². The highest BCUT2D eigenvalue weighted by Crippen LogP contribution is 2.35. The molecule has 0 aromatic rings. The third-order valence-electron chi connectivity index (χ3n) is 7.18. The van der Waals surface area contributed by atoms with Crippen molar-refractivity contribution in [2.24, 2.45) is 17.6 Å². The quantitative estimate of drug-likeness (QED) is 0.339. The number of allylic oxidation sites excluding steroid dienone is 4. The van der Waals surface area contributed by atoms with Crippen LogP contribution in [0.5, 0.6) is 0 Å². The van der Waals surface area contributed by atoms with E-state index in [1.165, 1.54) is 13.2 Å². The number of nitrogens with one attached hydrogen (secondary N) is 2. The van der Waals surface area contributed by atoms with E-state index >= 15 is 0 Å². The predicted molar refractivity (Wildman–Crippen MR) is 148 cm³/mol. The molecule has 5 N–H and O–H groups in total. The van der Waals surface area contributed by atoms with E-state index in [-0.39, 0.29) is 53.9 Å². The number of methoxy groups -OCH3 is 2. The third kappa shape index (κ3) is 7.72. The second kappa shape index (κ2) is 14.2. The standard InChI is InChI=1S/C29H39N3O9/c1-15-11-18-24(31-9-10-33)20(34)14-19(25(18)35)32-28(36)16(2)7-6-8-21(38-4)27(41-29(30)37)23-13-17(3)26(40-23)22(12-15)39-5/h6-8,13-15,17,21-22,26-27,31,33H,9-12H2,1-5H3,(H2,30,37)(H,32,36)/b8-6-,16-7+. The summed E-state index contributed by atoms with van der Waals surface area (Å²) < 4.78 is 23.0. The first-order valence-electron chi connectivity index (χ1n) is 13.5. The lowest BCUT2D eigenvalue weighted by Gasteiger charge is -2.30. The van der Waals surface area contributed by atoms with Gasteiger partial charge in [0.05, 0.1) is 24.1 Å². The van der Waals surface area contributed by atoms with Crippen molar-refractivity contribution in [3.05, 3.63) is 58.7 Å². The van der Waals surface area contributed by atoms with Crippen LogP contribution in [-0.4, -0.2) is 80.5 Å². The SMILES string of the molecule is COC1/C=C\C=C(/C)C(=O)NC2=CC(=O)C(NCCO)=C(CC(C)CC(OC)C3OC(=CC3C)C1OC(N)=O)C2=O. The van der Waals surface area contributed by atoms with Gasteiger partial charge in [0.15, 0.2) is 6.10 Å². The van der Waals surface area contributed by atoms with Crippen molar-refractivity contribution in [2.45, 2.75) is 58.0 Å². The lowest BCUT2D eigenvalue weighted by atomic mass is 9.85. The van der Waals surface area contributed by atoms with Crippen LogP contribution in [0.2, 0.25) is 0 Å². The largest absolute Gasteiger partial charge is 0.488 e. The minimum Gasteiger partial charge on any atom is -0.488 e. The number of fused-ring (bicyclic) bond motifs is 4. The molecule has 41 heavy (non-hydrogen) atoms. The van der Waals surface area contributed by atoms with Crippen LogP contribution in [0, 0.1) is 11.8 Å². The zero-order valence-electron chi connectivity index (χ0n) is 24.0. The Morgan fingerprint density at radius 3 is 2.59 bits per heavy atom. The van der Waals surface area contributed by atoms with E-state index in [0.29, 0.717) is 12.2 Å². The number of primary amides is 1. The molecule has 224 valence electrons. The molecule has 6 atom stereocenters. The Morgan fingerprint density at radius 1 is 1.22 bits per heavy atom. The molecule has 12 nitrogen and oxygen atoms in total. The molecule has 0 saturated heterocycles. The van der Waals surface area contributed by atoms with Gasteiger partial charge in [-0.25, -0.2) is 4.79 Å². The Balaban J connectivity index is 2.06. The summed E-state index contributed by atoms with van der Waals surface area (Å²) >= 11 is 0. The molecule has 1 aliphatic carbocycles. The zero-order chi connectivity index (χ0) is 30.3. The van der Waals surface area contributed by atoms with Crippen LogP contribution in [-0.2, 0) is 33.3 Å². The molecule has 2 heterocycles. The van der Waals surface area contributed by atoms with Gasteiger partial charge in [-0.15, -0.1) is 0 Å². The number of aliphatic hydroxyl groups is 1. The molecular formula is C29H39N3O9. The van der Waals surface area contributed by atoms with Crippen LogP contribution < -0.4 is 16.4 Å². The van der Waals surface area contributed by atoms with Crippen LogP contribution in [0.1, 0.15) is 33.6 Å². The highest BCUT2D eigenvalue weighted by atomic mass is 16.6. The summed E-state index contributed by atoms with van der Waals surface area (Å²) in [6.07, 6.45) is 4.51. The van der Waals surface area contributed by atoms with Crippen molar-refractivity contribution < 1.29 is 43.2 Å². The molecule has 0 radical (unpaired) electrons. The minimum atomic E-state index is -1.01. The Morgan fingerprint density at radius 2 is 1.95 bits per heavy atom. The lowest BCUT2D eigenvalue weighted by Crippen LogP contribution is -2.39. The molecule has 0 aromatic heterocycles. The van der Waals surface area contributed by atoms with Crippen LogP contribution in [0.15, 0.2) is 58.7 Å². The van der Waals surface area contributed by atoms with Crippen LogP contribution in [0.25, 0.3) is 0 Å². The average Bonchev–Trinajstić information content (AvgIpc) is 3.31. The van der Waals surface area contributed by atoms with E-state index in [2.05, 4.69) is 10.6 Å². The fourth-order valence-electron chi connectivity index (χ4n) is 5.10. The van der Waals surface area contributed by atoms with Crippen molar-refractivity contribution in [2.75, 3.05) is 27.4 Å². The first kappa shape index (κ1) is 31.8. The number of ether oxygens (including phenoxy) is 4. The maximum Gasteiger partial charge on any atom is 0.405 e. The number of hydrogen-bond donors (Lipinski definition) is 4. The summed E-state index contributed by atoms with van der Waals surface area (Å²) in [4.78, 5) is 51.2. The predicted octanol–water partition coefficient (Wildman–Crippen LogP) is 1.32. The molecule has 2 amide bonds. The summed E-state index contributed by atoms with van der Waals surface area (Å²) in [5, 5.41) is 14.7. The normalized spacial score (nSPS) is 31.5. The molecule has 6 unspecified atom stereocenters. The number of nitrogens with two attached hydrogens (primary N) is 1. The van der Waals surface area contributed by atoms with E-state index in [0.717, 1.165) is 6.08 Å². The molecule has 3 rings (SSSR count). The average molecular weight is 574 g/mol. The van der Waals surface area contributed by atoms with Gasteiger partial charge in [0.1, 0.15) is 18.0 Å². The number of rotatable bonds is 6. The van der Waals surface area contributed by atoms with Gasteiger partial charge in [0, 0.05) is 43.9 Å². The molecule has 3 aliphatic rings. The molecule has 2 aliphatic heterocycles. The van der Waals surface area contributed by atoms with Gasteiger partial charge >= 0.3 is 6.09 Å². The smallest absolute Gasteiger partial charge is 0.405 e. The summed E-state index contributed by atoms with van der Waals surface area (Å²) in [6.45, 7) is 5.25. The Labute approximate surface area is 239 Å². The summed E-state index contributed by atoms with van der Waals surface area (Å²) in [5.74, 6) is -1.49. The summed E-state index contributed by atoms with van der Waals surface area (Å²) in [5.41, 5.74) is 5.77. The molecule has 0 fully saturated rings. The molecule has 12 heteroatoms. The van der Waals surface area contributed by atoms with Crippen LogP contribution >= 0.6 is 0 Å². The molecule has 0 aromatic carbocycles. The fraction of sp³-hybridized carbons (Fsp3) is 0.517. The van der Waals surface area contributed by atoms with Crippen molar-refractivity contribution in [3.8, 4) is 0 Å². The Bertz CT molecular complexity index is 1200. The Kier molecular flexibility index (Phi) is 11.0. The van der Waals surface area contributed by atoms with E-state index < -0.39 is 48.0 Å². The number of Topliss-reactive ketones (excluding diaryl/α,β-unsaturated/α-hetero) is 1. The first-order valence-corrected chi connectivity index (χ1v) is 13.5. The monoisotopic (exact) mass is 573 g/mol. The number of carbonyl (C=O) groups excluding carboxylic acids is 4. The highest BCUT2D eigenvalue weighted by Gasteiger charge is 2.40. The van der Waals surface area contributed by atoms with Gasteiger partial charge in [-0.2, -0.15) is 0 Å². The van der Waals surface area contributed by atoms with Gasteiger partial charge in [-0.3, -0.25) is 14.4 Å². The van der Waals surface area contributed by atoms with E-state index in [1.807, 2.05) is 19.9 Å². The molecule has 0 saturated carbocycles. The second-order valence-electron chi connectivity index (χ2n) is 10.3. The lowest BCUT2D eigenvalue weighted by molar-refractivity contribution is -0.120. The Hall–Kier alpha value is -3.74. The van der Waals surface area contributed by atoms with E-state index in [4.69, 9.17) is 24.7 Å². The topological polar surface area (TPSA) is 176 Å². The first-order chi connectivity index (χ1) is 19.5. The van der Waals surface area contributed by atoms with Gasteiger partial charge in [0.25, 0.3) is 5.91 Å². The van der Waals surface area contributed by atoms with Crippen LogP contribution in [0.3, 0.4) is 0 Å². The highest BCUT2D eigenvalue weighted by molar-refractivity contribution is 6.23. The van der Waals surface area contributed by atoms with Gasteiger partial charge < -0.3 is 40.4 Å². The third-order valence-corrected chi connectivity index (χ3v) is 7.18. The maximum atomic E-state index is 13.5. The van der Waals surface area contributed by atoms with Crippen molar-refractivity contribution in [1.82, 2.24) is 10.6 Å². The number of hydrogen-bond acceptors (Lipinski definition) is 10. The van der Waals surface area contributed by atoms with Crippen molar-refractivity contribution in [3.63, 3.8) is 0 Å². The summed E-state index contributed by atoms with van der Waals surface area (Å²) in [6, 6.07) is 0. The van der Waals surface area contributed by atoms with E-state index in [9.17, 15) is 24.3 Å².